The van der Waals surface area contributed by atoms with E-state index in [4.69, 9.17) is 4.74 Å². The standard InChI is InChI=1S/C18H18N2O2S/c1-12-9-13(2)11-14(10-12)22-7-8-23-18-19-16-6-4-3-5-15(16)17(21)20-18/h3-6,9-11H,7-8H2,1-2H3,(H,19,20,21). The highest BCUT2D eigenvalue weighted by atomic mass is 32.2. The van der Waals surface area contributed by atoms with Gasteiger partial charge in [0.1, 0.15) is 5.75 Å². The van der Waals surface area contributed by atoms with Gasteiger partial charge in [-0.2, -0.15) is 0 Å². The predicted octanol–water partition coefficient (Wildman–Crippen LogP) is 3.71. The van der Waals surface area contributed by atoms with Crippen LogP contribution in [0.15, 0.2) is 52.4 Å². The summed E-state index contributed by atoms with van der Waals surface area (Å²) in [6.07, 6.45) is 0. The maximum Gasteiger partial charge on any atom is 0.259 e. The van der Waals surface area contributed by atoms with Crippen molar-refractivity contribution < 1.29 is 4.74 Å². The first-order valence-electron chi connectivity index (χ1n) is 7.45. The quantitative estimate of drug-likeness (QED) is 0.441. The second-order valence-electron chi connectivity index (χ2n) is 5.41. The van der Waals surface area contributed by atoms with Gasteiger partial charge < -0.3 is 9.72 Å². The predicted molar refractivity (Wildman–Crippen MR) is 94.5 cm³/mol. The topological polar surface area (TPSA) is 55.0 Å². The highest BCUT2D eigenvalue weighted by molar-refractivity contribution is 7.99. The molecule has 0 unspecified atom stereocenters. The third-order valence-electron chi connectivity index (χ3n) is 3.38. The number of aromatic nitrogens is 2. The average molecular weight is 326 g/mol. The summed E-state index contributed by atoms with van der Waals surface area (Å²) in [7, 11) is 0. The van der Waals surface area contributed by atoms with E-state index in [9.17, 15) is 4.79 Å². The molecule has 0 fully saturated rings. The Morgan fingerprint density at radius 2 is 1.87 bits per heavy atom. The molecule has 4 nitrogen and oxygen atoms in total. The summed E-state index contributed by atoms with van der Waals surface area (Å²) < 4.78 is 5.77. The minimum atomic E-state index is -0.103. The monoisotopic (exact) mass is 326 g/mol. The van der Waals surface area contributed by atoms with E-state index in [0.29, 0.717) is 28.4 Å². The molecule has 3 rings (SSSR count). The van der Waals surface area contributed by atoms with E-state index in [2.05, 4.69) is 29.9 Å². The molecule has 1 aromatic heterocycles. The minimum Gasteiger partial charge on any atom is -0.493 e. The Labute approximate surface area is 138 Å². The van der Waals surface area contributed by atoms with E-state index in [1.165, 1.54) is 22.9 Å². The molecule has 118 valence electrons. The van der Waals surface area contributed by atoms with Gasteiger partial charge in [-0.15, -0.1) is 0 Å². The van der Waals surface area contributed by atoms with Crippen LogP contribution in [-0.4, -0.2) is 22.3 Å². The fraction of sp³-hybridized carbons (Fsp3) is 0.222. The lowest BCUT2D eigenvalue weighted by molar-refractivity contribution is 0.343. The number of para-hydroxylation sites is 1. The molecule has 3 aromatic rings. The summed E-state index contributed by atoms with van der Waals surface area (Å²) in [5.74, 6) is 1.59. The number of aromatic amines is 1. The van der Waals surface area contributed by atoms with E-state index < -0.39 is 0 Å². The molecular formula is C18H18N2O2S. The number of thioether (sulfide) groups is 1. The van der Waals surface area contributed by atoms with Crippen molar-refractivity contribution in [2.45, 2.75) is 19.0 Å². The van der Waals surface area contributed by atoms with Gasteiger partial charge in [0.25, 0.3) is 5.56 Å². The van der Waals surface area contributed by atoms with Gasteiger partial charge in [-0.3, -0.25) is 4.79 Å². The minimum absolute atomic E-state index is 0.103. The van der Waals surface area contributed by atoms with Crippen LogP contribution in [0.25, 0.3) is 10.9 Å². The van der Waals surface area contributed by atoms with Crippen LogP contribution in [0.1, 0.15) is 11.1 Å². The molecule has 0 aliphatic carbocycles. The number of ether oxygens (including phenoxy) is 1. The Balaban J connectivity index is 1.61. The number of hydrogen-bond acceptors (Lipinski definition) is 4. The van der Waals surface area contributed by atoms with Crippen molar-refractivity contribution in [1.29, 1.82) is 0 Å². The molecule has 1 N–H and O–H groups in total. The first-order chi connectivity index (χ1) is 11.1. The summed E-state index contributed by atoms with van der Waals surface area (Å²) in [5, 5.41) is 1.24. The summed E-state index contributed by atoms with van der Waals surface area (Å²) >= 11 is 1.49. The normalized spacial score (nSPS) is 10.9. The smallest absolute Gasteiger partial charge is 0.259 e. The number of nitrogens with zero attached hydrogens (tertiary/aromatic N) is 1. The van der Waals surface area contributed by atoms with Crippen LogP contribution in [0.5, 0.6) is 5.75 Å². The van der Waals surface area contributed by atoms with Crippen molar-refractivity contribution in [3.8, 4) is 5.75 Å². The zero-order chi connectivity index (χ0) is 16.2. The molecule has 0 saturated carbocycles. The molecule has 1 heterocycles. The number of fused-ring (bicyclic) bond motifs is 1. The van der Waals surface area contributed by atoms with Gasteiger partial charge in [0, 0.05) is 5.75 Å². The highest BCUT2D eigenvalue weighted by Gasteiger charge is 2.04. The molecular weight excluding hydrogens is 308 g/mol. The molecule has 0 radical (unpaired) electrons. The van der Waals surface area contributed by atoms with Gasteiger partial charge in [0.2, 0.25) is 0 Å². The van der Waals surface area contributed by atoms with Crippen molar-refractivity contribution in [1.82, 2.24) is 9.97 Å². The number of nitrogens with one attached hydrogen (secondary N) is 1. The lowest BCUT2D eigenvalue weighted by Crippen LogP contribution is -2.10. The number of rotatable bonds is 5. The molecule has 0 saturated heterocycles. The third kappa shape index (κ3) is 3.93. The zero-order valence-electron chi connectivity index (χ0n) is 13.1. The molecule has 2 aromatic carbocycles. The molecule has 0 amide bonds. The van der Waals surface area contributed by atoms with Gasteiger partial charge in [0.05, 0.1) is 17.5 Å². The Morgan fingerprint density at radius 3 is 2.65 bits per heavy atom. The molecule has 0 aliphatic rings. The summed E-state index contributed by atoms with van der Waals surface area (Å²) in [6, 6.07) is 13.5. The van der Waals surface area contributed by atoms with Crippen molar-refractivity contribution in [3.05, 3.63) is 63.9 Å². The lowest BCUT2D eigenvalue weighted by atomic mass is 10.1. The molecule has 5 heteroatoms. The summed E-state index contributed by atoms with van der Waals surface area (Å²) in [6.45, 7) is 4.67. The van der Waals surface area contributed by atoms with Crippen molar-refractivity contribution in [3.63, 3.8) is 0 Å². The fourth-order valence-corrected chi connectivity index (χ4v) is 3.14. The van der Waals surface area contributed by atoms with Crippen LogP contribution < -0.4 is 10.3 Å². The van der Waals surface area contributed by atoms with Crippen LogP contribution in [0.2, 0.25) is 0 Å². The van der Waals surface area contributed by atoms with Crippen LogP contribution in [0.3, 0.4) is 0 Å². The van der Waals surface area contributed by atoms with Gasteiger partial charge in [0.15, 0.2) is 5.16 Å². The van der Waals surface area contributed by atoms with Crippen molar-refractivity contribution in [2.24, 2.45) is 0 Å². The molecule has 0 spiro atoms. The highest BCUT2D eigenvalue weighted by Crippen LogP contribution is 2.18. The van der Waals surface area contributed by atoms with E-state index in [0.717, 1.165) is 5.75 Å². The molecule has 23 heavy (non-hydrogen) atoms. The Bertz CT molecular complexity index is 869. The second kappa shape index (κ2) is 6.87. The fourth-order valence-electron chi connectivity index (χ4n) is 2.45. The lowest BCUT2D eigenvalue weighted by Gasteiger charge is -2.08. The van der Waals surface area contributed by atoms with E-state index in [1.807, 2.05) is 30.3 Å². The largest absolute Gasteiger partial charge is 0.493 e. The van der Waals surface area contributed by atoms with Gasteiger partial charge in [-0.1, -0.05) is 30.0 Å². The number of hydrogen-bond donors (Lipinski definition) is 1. The maximum absolute atomic E-state index is 12.0. The van der Waals surface area contributed by atoms with Crippen LogP contribution >= 0.6 is 11.8 Å². The summed E-state index contributed by atoms with van der Waals surface area (Å²) in [5.41, 5.74) is 2.99. The zero-order valence-corrected chi connectivity index (χ0v) is 13.9. The number of benzene rings is 2. The maximum atomic E-state index is 12.0. The van der Waals surface area contributed by atoms with Crippen LogP contribution in [0, 0.1) is 13.8 Å². The van der Waals surface area contributed by atoms with E-state index >= 15 is 0 Å². The Kier molecular flexibility index (Phi) is 4.67. The number of aryl methyl sites for hydroxylation is 2. The third-order valence-corrected chi connectivity index (χ3v) is 4.21. The molecule has 0 aliphatic heterocycles. The first kappa shape index (κ1) is 15.6. The van der Waals surface area contributed by atoms with Gasteiger partial charge in [-0.05, 0) is 49.2 Å². The SMILES string of the molecule is Cc1cc(C)cc(OCCSc2nc3ccccc3c(=O)[nH]2)c1. The van der Waals surface area contributed by atoms with Crippen molar-refractivity contribution in [2.75, 3.05) is 12.4 Å². The Morgan fingerprint density at radius 1 is 1.13 bits per heavy atom. The molecule has 0 atom stereocenters. The van der Waals surface area contributed by atoms with Crippen molar-refractivity contribution >= 4 is 22.7 Å². The Hall–Kier alpha value is -2.27. The van der Waals surface area contributed by atoms with E-state index in [-0.39, 0.29) is 5.56 Å². The first-order valence-corrected chi connectivity index (χ1v) is 8.43. The van der Waals surface area contributed by atoms with Gasteiger partial charge >= 0.3 is 0 Å². The van der Waals surface area contributed by atoms with Crippen LogP contribution in [-0.2, 0) is 0 Å². The summed E-state index contributed by atoms with van der Waals surface area (Å²) in [4.78, 5) is 19.3. The average Bonchev–Trinajstić information content (AvgIpc) is 2.51. The van der Waals surface area contributed by atoms with E-state index in [1.54, 1.807) is 6.07 Å². The van der Waals surface area contributed by atoms with Gasteiger partial charge in [-0.25, -0.2) is 4.98 Å². The second-order valence-corrected chi connectivity index (χ2v) is 6.49. The molecule has 0 bridgehead atoms. The van der Waals surface area contributed by atoms with Crippen LogP contribution in [0.4, 0.5) is 0 Å². The number of H-pyrrole nitrogens is 1.